The fourth-order valence-electron chi connectivity index (χ4n) is 4.04. The Labute approximate surface area is 163 Å². The third-order valence-corrected chi connectivity index (χ3v) is 5.48. The Morgan fingerprint density at radius 1 is 0.714 bits per heavy atom. The summed E-state index contributed by atoms with van der Waals surface area (Å²) in [6, 6.07) is 16.8. The van der Waals surface area contributed by atoms with E-state index < -0.39 is 0 Å². The lowest BCUT2D eigenvalue weighted by Crippen LogP contribution is -2.02. The highest BCUT2D eigenvalue weighted by Crippen LogP contribution is 2.32. The average Bonchev–Trinajstić information content (AvgIpc) is 3.14. The van der Waals surface area contributed by atoms with Crippen molar-refractivity contribution < 1.29 is 0 Å². The molecule has 0 aliphatic heterocycles. The summed E-state index contributed by atoms with van der Waals surface area (Å²) in [5.74, 6) is 1.48. The molecule has 0 aliphatic carbocycles. The van der Waals surface area contributed by atoms with E-state index in [1.807, 2.05) is 10.6 Å². The van der Waals surface area contributed by atoms with E-state index in [9.17, 15) is 0 Å². The number of rotatable bonds is 6. The molecule has 0 saturated carbocycles. The normalized spacial score (nSPS) is 11.9. The Morgan fingerprint density at radius 3 is 2.07 bits per heavy atom. The van der Waals surface area contributed by atoms with Crippen LogP contribution in [-0.2, 0) is 6.42 Å². The molecule has 5 heteroatoms. The molecule has 0 fully saturated rings. The maximum Gasteiger partial charge on any atom is 0.272 e. The van der Waals surface area contributed by atoms with E-state index >= 15 is 0 Å². The van der Waals surface area contributed by atoms with E-state index in [1.54, 1.807) is 0 Å². The molecule has 2 heterocycles. The van der Waals surface area contributed by atoms with Crippen molar-refractivity contribution in [3.8, 4) is 0 Å². The summed E-state index contributed by atoms with van der Waals surface area (Å²) in [6.45, 7) is 2.24. The molecule has 3 aromatic carbocycles. The van der Waals surface area contributed by atoms with Crippen LogP contribution < -0.4 is 0 Å². The van der Waals surface area contributed by atoms with Crippen molar-refractivity contribution in [3.63, 3.8) is 0 Å². The summed E-state index contributed by atoms with van der Waals surface area (Å²) in [5, 5.41) is 18.3. The van der Waals surface area contributed by atoms with Gasteiger partial charge in [0.25, 0.3) is 5.78 Å². The van der Waals surface area contributed by atoms with E-state index in [1.165, 1.54) is 36.5 Å². The first-order chi connectivity index (χ1) is 13.9. The Bertz CT molecular complexity index is 1290. The summed E-state index contributed by atoms with van der Waals surface area (Å²) >= 11 is 0. The molecule has 2 aromatic heterocycles. The van der Waals surface area contributed by atoms with Gasteiger partial charge >= 0.3 is 0 Å². The highest BCUT2D eigenvalue weighted by molar-refractivity contribution is 6.22. The molecule has 0 bridgehead atoms. The number of aryl methyl sites for hydroxylation is 1. The summed E-state index contributed by atoms with van der Waals surface area (Å²) in [7, 11) is 0. The molecule has 0 radical (unpaired) electrons. The largest absolute Gasteiger partial charge is 0.272 e. The Kier molecular flexibility index (Phi) is 4.35. The molecule has 0 aliphatic rings. The minimum Gasteiger partial charge on any atom is -0.207 e. The predicted octanol–water partition coefficient (Wildman–Crippen LogP) is 5.49. The molecule has 0 atom stereocenters. The van der Waals surface area contributed by atoms with Crippen LogP contribution in [-0.4, -0.2) is 24.8 Å². The molecule has 5 aromatic rings. The number of aromatic nitrogens is 5. The highest BCUT2D eigenvalue weighted by atomic mass is 15.4. The minimum atomic E-state index is 0.580. The van der Waals surface area contributed by atoms with E-state index in [0.29, 0.717) is 5.78 Å². The van der Waals surface area contributed by atoms with Crippen LogP contribution in [0.1, 0.15) is 44.9 Å². The summed E-state index contributed by atoms with van der Waals surface area (Å²) in [6.07, 6.45) is 7.04. The van der Waals surface area contributed by atoms with Gasteiger partial charge < -0.3 is 0 Å². The lowest BCUT2D eigenvalue weighted by molar-refractivity contribution is 0.616. The lowest BCUT2D eigenvalue weighted by atomic mass is 10.00. The molecule has 140 valence electrons. The first-order valence-corrected chi connectivity index (χ1v) is 10.2. The van der Waals surface area contributed by atoms with E-state index in [-0.39, 0.29) is 0 Å². The van der Waals surface area contributed by atoms with Gasteiger partial charge in [0.1, 0.15) is 11.0 Å². The van der Waals surface area contributed by atoms with Crippen molar-refractivity contribution in [1.29, 1.82) is 0 Å². The molecule has 0 spiro atoms. The standard InChI is InChI=1S/C23H23N5/c1-2-3-4-5-6-15-20-25-26-23-24-21-18-13-9-7-11-16(18)17-12-8-10-14-19(17)22(21)27-28(20)23/h7-14H,2-6,15H2,1H3. The van der Waals surface area contributed by atoms with Crippen LogP contribution in [0.3, 0.4) is 0 Å². The number of nitrogens with zero attached hydrogens (tertiary/aromatic N) is 5. The van der Waals surface area contributed by atoms with Crippen LogP contribution in [0, 0.1) is 0 Å². The average molecular weight is 369 g/mol. The monoisotopic (exact) mass is 369 g/mol. The topological polar surface area (TPSA) is 56.0 Å². The number of hydrogen-bond donors (Lipinski definition) is 0. The van der Waals surface area contributed by atoms with Crippen LogP contribution in [0.4, 0.5) is 0 Å². The predicted molar refractivity (Wildman–Crippen MR) is 114 cm³/mol. The van der Waals surface area contributed by atoms with Gasteiger partial charge in [-0.15, -0.1) is 10.2 Å². The fourth-order valence-corrected chi connectivity index (χ4v) is 4.04. The molecule has 5 nitrogen and oxygen atoms in total. The second-order valence-corrected chi connectivity index (χ2v) is 7.39. The van der Waals surface area contributed by atoms with Gasteiger partial charge in [0, 0.05) is 17.2 Å². The van der Waals surface area contributed by atoms with E-state index in [2.05, 4.69) is 59.6 Å². The SMILES string of the molecule is CCCCCCCc1nnc2nc3c4ccccc4c4ccccc4c3nn12. The highest BCUT2D eigenvalue weighted by Gasteiger charge is 2.14. The van der Waals surface area contributed by atoms with Gasteiger partial charge in [0.05, 0.1) is 0 Å². The summed E-state index contributed by atoms with van der Waals surface area (Å²) in [5.41, 5.74) is 1.80. The van der Waals surface area contributed by atoms with Crippen molar-refractivity contribution >= 4 is 38.4 Å². The van der Waals surface area contributed by atoms with Crippen molar-refractivity contribution in [3.05, 3.63) is 54.4 Å². The molecule has 0 amide bonds. The first-order valence-electron chi connectivity index (χ1n) is 10.2. The van der Waals surface area contributed by atoms with Gasteiger partial charge in [0.2, 0.25) is 0 Å². The Morgan fingerprint density at radius 2 is 1.36 bits per heavy atom. The molecule has 0 unspecified atom stereocenters. The number of unbranched alkanes of at least 4 members (excludes halogenated alkanes) is 4. The van der Waals surface area contributed by atoms with Crippen LogP contribution in [0.2, 0.25) is 0 Å². The van der Waals surface area contributed by atoms with Crippen molar-refractivity contribution in [2.75, 3.05) is 0 Å². The van der Waals surface area contributed by atoms with Crippen LogP contribution in [0.5, 0.6) is 0 Å². The molecule has 28 heavy (non-hydrogen) atoms. The molecular formula is C23H23N5. The first kappa shape index (κ1) is 17.0. The number of hydrogen-bond acceptors (Lipinski definition) is 4. The second kappa shape index (κ2) is 7.15. The molecule has 0 N–H and O–H groups in total. The fraction of sp³-hybridized carbons (Fsp3) is 0.304. The van der Waals surface area contributed by atoms with Crippen molar-refractivity contribution in [2.24, 2.45) is 0 Å². The smallest absolute Gasteiger partial charge is 0.207 e. The zero-order valence-electron chi connectivity index (χ0n) is 16.1. The maximum atomic E-state index is 4.96. The maximum absolute atomic E-state index is 4.96. The van der Waals surface area contributed by atoms with Crippen molar-refractivity contribution in [1.82, 2.24) is 24.8 Å². The molecule has 0 saturated heterocycles. The van der Waals surface area contributed by atoms with E-state index in [4.69, 9.17) is 10.1 Å². The van der Waals surface area contributed by atoms with Gasteiger partial charge in [-0.25, -0.2) is 4.98 Å². The minimum absolute atomic E-state index is 0.580. The van der Waals surface area contributed by atoms with Crippen LogP contribution in [0.25, 0.3) is 38.4 Å². The molecule has 5 rings (SSSR count). The van der Waals surface area contributed by atoms with Gasteiger partial charge in [-0.3, -0.25) is 0 Å². The quantitative estimate of drug-likeness (QED) is 0.293. The number of fused-ring (bicyclic) bond motifs is 7. The molecular weight excluding hydrogens is 346 g/mol. The van der Waals surface area contributed by atoms with Gasteiger partial charge in [-0.05, 0) is 17.2 Å². The third kappa shape index (κ3) is 2.78. The summed E-state index contributed by atoms with van der Waals surface area (Å²) in [4.78, 5) is 4.86. The lowest BCUT2D eigenvalue weighted by Gasteiger charge is -2.09. The summed E-state index contributed by atoms with van der Waals surface area (Å²) < 4.78 is 1.84. The zero-order chi connectivity index (χ0) is 18.9. The van der Waals surface area contributed by atoms with E-state index in [0.717, 1.165) is 40.5 Å². The van der Waals surface area contributed by atoms with Gasteiger partial charge in [0.15, 0.2) is 5.82 Å². The Hall–Kier alpha value is -3.08. The third-order valence-electron chi connectivity index (χ3n) is 5.48. The second-order valence-electron chi connectivity index (χ2n) is 7.39. The van der Waals surface area contributed by atoms with Crippen LogP contribution in [0.15, 0.2) is 48.5 Å². The van der Waals surface area contributed by atoms with Gasteiger partial charge in [-0.2, -0.15) is 9.61 Å². The van der Waals surface area contributed by atoms with Crippen molar-refractivity contribution in [2.45, 2.75) is 45.4 Å². The zero-order valence-corrected chi connectivity index (χ0v) is 16.1. The van der Waals surface area contributed by atoms with Crippen LogP contribution >= 0.6 is 0 Å². The Balaban J connectivity index is 1.68. The van der Waals surface area contributed by atoms with Gasteiger partial charge in [-0.1, -0.05) is 81.1 Å². The number of benzene rings is 3.